The van der Waals surface area contributed by atoms with Crippen molar-refractivity contribution in [2.24, 2.45) is 0 Å². The Balaban J connectivity index is 2.45. The third-order valence-electron chi connectivity index (χ3n) is 4.15. The van der Waals surface area contributed by atoms with Gasteiger partial charge in [-0.05, 0) is 18.2 Å². The zero-order chi connectivity index (χ0) is 26.2. The summed E-state index contributed by atoms with van der Waals surface area (Å²) in [5.74, 6) is -0.428. The van der Waals surface area contributed by atoms with Crippen LogP contribution in [0.1, 0.15) is 11.1 Å². The maximum atomic E-state index is 12.9. The van der Waals surface area contributed by atoms with Crippen LogP contribution in [0.15, 0.2) is 30.5 Å². The van der Waals surface area contributed by atoms with Gasteiger partial charge >= 0.3 is 22.5 Å². The molecular weight excluding hydrogens is 523 g/mol. The van der Waals surface area contributed by atoms with E-state index in [9.17, 15) is 31.5 Å². The molecule has 0 spiro atoms. The minimum atomic E-state index is -4.70. The maximum Gasteiger partial charge on any atom is 0.422 e. The molecular formula is C19H21ClF3N3O8S. The Morgan fingerprint density at radius 2 is 1.97 bits per heavy atom. The van der Waals surface area contributed by atoms with Gasteiger partial charge in [0.1, 0.15) is 23.1 Å². The van der Waals surface area contributed by atoms with Crippen molar-refractivity contribution in [2.75, 3.05) is 33.5 Å². The number of carbonyl (C=O) groups is 1. The van der Waals surface area contributed by atoms with Gasteiger partial charge in [0.25, 0.3) is 0 Å². The lowest BCUT2D eigenvalue weighted by molar-refractivity contribution is -0.137. The van der Waals surface area contributed by atoms with E-state index in [0.29, 0.717) is 12.3 Å². The van der Waals surface area contributed by atoms with Crippen LogP contribution in [0.25, 0.3) is 0 Å². The lowest BCUT2D eigenvalue weighted by atomic mass is 10.2. The second-order valence-electron chi connectivity index (χ2n) is 6.63. The number of aromatic nitrogens is 1. The number of ether oxygens (including phenoxy) is 3. The minimum absolute atomic E-state index is 0.0152. The summed E-state index contributed by atoms with van der Waals surface area (Å²) in [5.41, 5.74) is -1.14. The van der Waals surface area contributed by atoms with Crippen LogP contribution in [-0.2, 0) is 27.7 Å². The van der Waals surface area contributed by atoms with E-state index in [1.165, 1.54) is 25.3 Å². The molecule has 3 N–H and O–H groups in total. The van der Waals surface area contributed by atoms with Crippen LogP contribution in [0.5, 0.6) is 17.4 Å². The zero-order valence-electron chi connectivity index (χ0n) is 18.1. The molecule has 1 amide bonds. The molecule has 0 aliphatic rings. The fraction of sp³-hybridized carbons (Fsp3) is 0.368. The Bertz CT molecular complexity index is 1130. The molecule has 0 radical (unpaired) electrons. The molecule has 0 aliphatic heterocycles. The summed E-state index contributed by atoms with van der Waals surface area (Å²) in [5, 5.41) is 17.8. The van der Waals surface area contributed by atoms with Gasteiger partial charge in [-0.2, -0.15) is 30.6 Å². The van der Waals surface area contributed by atoms with Crippen molar-refractivity contribution >= 4 is 27.9 Å². The summed E-state index contributed by atoms with van der Waals surface area (Å²) in [4.78, 5) is 15.2. The highest BCUT2D eigenvalue weighted by molar-refractivity contribution is 7.87. The molecule has 2 rings (SSSR count). The van der Waals surface area contributed by atoms with E-state index in [4.69, 9.17) is 30.9 Å². The van der Waals surface area contributed by atoms with Crippen molar-refractivity contribution in [2.45, 2.75) is 12.7 Å². The smallest absolute Gasteiger partial charge is 0.422 e. The average Bonchev–Trinajstić information content (AvgIpc) is 2.77. The molecule has 11 nitrogen and oxygen atoms in total. The molecule has 0 saturated heterocycles. The SMILES string of the molecule is COCCOc1ccc(CN(C(=O)O)S(=O)(=O)NCCO)c(Oc2ncc(C(F)(F)F)cc2Cl)c1. The highest BCUT2D eigenvalue weighted by Gasteiger charge is 2.32. The molecule has 0 bridgehead atoms. The summed E-state index contributed by atoms with van der Waals surface area (Å²) in [6.45, 7) is -1.43. The van der Waals surface area contributed by atoms with Crippen LogP contribution in [0.3, 0.4) is 0 Å². The molecule has 194 valence electrons. The van der Waals surface area contributed by atoms with E-state index < -0.39 is 58.6 Å². The van der Waals surface area contributed by atoms with Crippen LogP contribution < -0.4 is 14.2 Å². The zero-order valence-corrected chi connectivity index (χ0v) is 19.7. The number of nitrogens with zero attached hydrogens (tertiary/aromatic N) is 2. The number of alkyl halides is 3. The highest BCUT2D eigenvalue weighted by atomic mass is 35.5. The number of hydrogen-bond acceptors (Lipinski definition) is 8. The number of methoxy groups -OCH3 is 1. The molecule has 0 fully saturated rings. The number of benzene rings is 1. The van der Waals surface area contributed by atoms with Crippen LogP contribution in [0, 0.1) is 0 Å². The molecule has 1 heterocycles. The summed E-state index contributed by atoms with van der Waals surface area (Å²) in [6.07, 6.45) is -6.05. The van der Waals surface area contributed by atoms with Gasteiger partial charge in [0.05, 0.1) is 25.3 Å². The molecule has 0 atom stereocenters. The number of aliphatic hydroxyl groups excluding tert-OH is 1. The first-order chi connectivity index (χ1) is 16.4. The van der Waals surface area contributed by atoms with E-state index in [1.54, 1.807) is 0 Å². The predicted octanol–water partition coefficient (Wildman–Crippen LogP) is 2.88. The fourth-order valence-corrected chi connectivity index (χ4v) is 3.74. The quantitative estimate of drug-likeness (QED) is 0.344. The number of nitrogens with one attached hydrogen (secondary N) is 1. The van der Waals surface area contributed by atoms with Gasteiger partial charge in [-0.1, -0.05) is 11.6 Å². The van der Waals surface area contributed by atoms with E-state index >= 15 is 0 Å². The van der Waals surface area contributed by atoms with Crippen LogP contribution in [-0.4, -0.2) is 67.5 Å². The Kier molecular flexibility index (Phi) is 9.91. The Hall–Kier alpha value is -2.85. The Morgan fingerprint density at radius 1 is 1.26 bits per heavy atom. The number of rotatable bonds is 12. The number of halogens is 4. The monoisotopic (exact) mass is 543 g/mol. The number of hydrogen-bond donors (Lipinski definition) is 3. The Labute approximate surface area is 203 Å². The molecule has 0 aliphatic carbocycles. The molecule has 35 heavy (non-hydrogen) atoms. The second kappa shape index (κ2) is 12.2. The van der Waals surface area contributed by atoms with E-state index in [2.05, 4.69) is 4.98 Å². The van der Waals surface area contributed by atoms with Crippen molar-refractivity contribution in [3.8, 4) is 17.4 Å². The summed E-state index contributed by atoms with van der Waals surface area (Å²) in [6, 6.07) is 4.55. The van der Waals surface area contributed by atoms with Crippen molar-refractivity contribution < 1.29 is 50.8 Å². The number of amides is 1. The number of aliphatic hydroxyl groups is 1. The lowest BCUT2D eigenvalue weighted by Crippen LogP contribution is -2.44. The van der Waals surface area contributed by atoms with Crippen LogP contribution in [0.2, 0.25) is 5.02 Å². The number of carboxylic acid groups (broad SMARTS) is 1. The topological polar surface area (TPSA) is 148 Å². The standard InChI is InChI=1S/C19H21ClF3N3O8S/c1-32-6-7-33-14-3-2-12(11-26(18(28)29)35(30,31)25-4-5-27)16(9-14)34-17-15(20)8-13(10-24-17)19(21,22)23/h2-3,8-10,25,27H,4-7,11H2,1H3,(H,28,29). The molecule has 2 aromatic rings. The van der Waals surface area contributed by atoms with Gasteiger partial charge < -0.3 is 24.4 Å². The minimum Gasteiger partial charge on any atom is -0.491 e. The molecule has 16 heteroatoms. The van der Waals surface area contributed by atoms with E-state index in [-0.39, 0.29) is 34.6 Å². The molecule has 0 unspecified atom stereocenters. The van der Waals surface area contributed by atoms with E-state index in [0.717, 1.165) is 0 Å². The average molecular weight is 544 g/mol. The van der Waals surface area contributed by atoms with Crippen molar-refractivity contribution in [1.29, 1.82) is 0 Å². The van der Waals surface area contributed by atoms with Crippen molar-refractivity contribution in [1.82, 2.24) is 14.0 Å². The maximum absolute atomic E-state index is 12.9. The number of pyridine rings is 1. The van der Waals surface area contributed by atoms with Crippen molar-refractivity contribution in [3.05, 3.63) is 46.6 Å². The lowest BCUT2D eigenvalue weighted by Gasteiger charge is -2.21. The summed E-state index contributed by atoms with van der Waals surface area (Å²) < 4.78 is 81.2. The predicted molar refractivity (Wildman–Crippen MR) is 116 cm³/mol. The second-order valence-corrected chi connectivity index (χ2v) is 8.72. The molecule has 1 aromatic heterocycles. The van der Waals surface area contributed by atoms with Gasteiger partial charge in [-0.25, -0.2) is 9.78 Å². The van der Waals surface area contributed by atoms with Gasteiger partial charge in [0, 0.05) is 31.5 Å². The third kappa shape index (κ3) is 8.10. The molecule has 0 saturated carbocycles. The van der Waals surface area contributed by atoms with Gasteiger partial charge in [-0.3, -0.25) is 0 Å². The highest BCUT2D eigenvalue weighted by Crippen LogP contribution is 2.36. The van der Waals surface area contributed by atoms with Crippen molar-refractivity contribution in [3.63, 3.8) is 0 Å². The summed E-state index contributed by atoms with van der Waals surface area (Å²) in [7, 11) is -3.13. The van der Waals surface area contributed by atoms with Gasteiger partial charge in [0.2, 0.25) is 5.88 Å². The van der Waals surface area contributed by atoms with Gasteiger partial charge in [-0.15, -0.1) is 0 Å². The first-order valence-corrected chi connectivity index (χ1v) is 11.5. The Morgan fingerprint density at radius 3 is 2.54 bits per heavy atom. The summed E-state index contributed by atoms with van der Waals surface area (Å²) >= 11 is 5.90. The fourth-order valence-electron chi connectivity index (χ4n) is 2.52. The molecule has 1 aromatic carbocycles. The van der Waals surface area contributed by atoms with Crippen LogP contribution in [0.4, 0.5) is 18.0 Å². The van der Waals surface area contributed by atoms with E-state index in [1.807, 2.05) is 4.72 Å². The van der Waals surface area contributed by atoms with Crippen LogP contribution >= 0.6 is 11.6 Å². The largest absolute Gasteiger partial charge is 0.491 e. The normalized spacial score (nSPS) is 11.8. The first kappa shape index (κ1) is 28.4. The first-order valence-electron chi connectivity index (χ1n) is 9.65. The van der Waals surface area contributed by atoms with Gasteiger partial charge in [0.15, 0.2) is 0 Å². The third-order valence-corrected chi connectivity index (χ3v) is 5.86.